The van der Waals surface area contributed by atoms with Gasteiger partial charge in [0, 0.05) is 51.4 Å². The van der Waals surface area contributed by atoms with Crippen LogP contribution in [-0.2, 0) is 4.79 Å². The van der Waals surface area contributed by atoms with Crippen LogP contribution >= 0.6 is 0 Å². The van der Waals surface area contributed by atoms with Crippen LogP contribution in [0.1, 0.15) is 0 Å². The van der Waals surface area contributed by atoms with Gasteiger partial charge in [0.2, 0.25) is 0 Å². The number of nitrogens with two attached hydrogens (primary N) is 1. The molecule has 31 valence electrons. The van der Waals surface area contributed by atoms with Crippen molar-refractivity contribution in [2.45, 2.75) is 0 Å². The molecule has 0 aromatic carbocycles. The molecule has 0 aromatic heterocycles. The molecule has 0 saturated carbocycles. The van der Waals surface area contributed by atoms with Crippen LogP contribution in [0.5, 0.6) is 0 Å². The van der Waals surface area contributed by atoms with Gasteiger partial charge in [0.1, 0.15) is 0 Å². The Hall–Kier alpha value is 1.07. The van der Waals surface area contributed by atoms with Crippen LogP contribution in [-0.4, -0.2) is 69.0 Å². The molecule has 0 unspecified atom stereocenters. The molecule has 0 bridgehead atoms. The fraction of sp³-hybridized carbons (Fsp3) is 0.500. The number of hydrogen-bond acceptors (Lipinski definition) is 2. The zero-order chi connectivity index (χ0) is 4.28. The summed E-state index contributed by atoms with van der Waals surface area (Å²) in [5, 5.41) is 7.60. The molecular formula is C2H5KNO2. The number of rotatable bonds is 1. The van der Waals surface area contributed by atoms with E-state index in [1.807, 2.05) is 0 Å². The first kappa shape index (κ1) is 10.1. The van der Waals surface area contributed by atoms with Crippen LogP contribution in [0.15, 0.2) is 0 Å². The van der Waals surface area contributed by atoms with E-state index in [0.717, 1.165) is 0 Å². The van der Waals surface area contributed by atoms with Gasteiger partial charge >= 0.3 is 5.97 Å². The molecule has 0 aromatic rings. The molecule has 0 aliphatic rings. The summed E-state index contributed by atoms with van der Waals surface area (Å²) in [4.78, 5) is 9.24. The van der Waals surface area contributed by atoms with Crippen molar-refractivity contribution >= 4 is 57.4 Å². The fourth-order valence-corrected chi connectivity index (χ4v) is 0. The van der Waals surface area contributed by atoms with Crippen molar-refractivity contribution in [3.63, 3.8) is 0 Å². The van der Waals surface area contributed by atoms with Crippen molar-refractivity contribution < 1.29 is 9.90 Å². The summed E-state index contributed by atoms with van der Waals surface area (Å²) < 4.78 is 0. The second-order valence-electron chi connectivity index (χ2n) is 0.598. The van der Waals surface area contributed by atoms with Crippen molar-refractivity contribution in [2.24, 2.45) is 5.73 Å². The molecule has 6 heavy (non-hydrogen) atoms. The van der Waals surface area contributed by atoms with E-state index < -0.39 is 5.97 Å². The minimum absolute atomic E-state index is 0. The van der Waals surface area contributed by atoms with Gasteiger partial charge in [0.25, 0.3) is 0 Å². The molecule has 0 aliphatic carbocycles. The minimum Gasteiger partial charge on any atom is -0.480 e. The van der Waals surface area contributed by atoms with Gasteiger partial charge in [0.05, 0.1) is 6.54 Å². The minimum atomic E-state index is -0.968. The Morgan fingerprint density at radius 3 is 2.00 bits per heavy atom. The first-order chi connectivity index (χ1) is 2.27. The maximum atomic E-state index is 9.24. The summed E-state index contributed by atoms with van der Waals surface area (Å²) in [5.41, 5.74) is 4.57. The average Bonchev–Trinajstić information content (AvgIpc) is 1.38. The number of carboxylic acid groups (broad SMARTS) is 1. The van der Waals surface area contributed by atoms with Gasteiger partial charge in [-0.2, -0.15) is 0 Å². The molecule has 0 heterocycles. The van der Waals surface area contributed by atoms with Gasteiger partial charge in [-0.1, -0.05) is 0 Å². The second kappa shape index (κ2) is 6.07. The van der Waals surface area contributed by atoms with Gasteiger partial charge < -0.3 is 10.8 Å². The molecule has 0 amide bonds. The molecule has 0 saturated heterocycles. The van der Waals surface area contributed by atoms with E-state index in [4.69, 9.17) is 5.11 Å². The fourth-order valence-electron chi connectivity index (χ4n) is 0. The molecule has 0 rings (SSSR count). The molecule has 1 radical (unpaired) electrons. The van der Waals surface area contributed by atoms with Crippen LogP contribution < -0.4 is 5.73 Å². The van der Waals surface area contributed by atoms with E-state index in [9.17, 15) is 4.79 Å². The van der Waals surface area contributed by atoms with E-state index in [-0.39, 0.29) is 57.9 Å². The number of hydrogen-bond donors (Lipinski definition) is 2. The van der Waals surface area contributed by atoms with Crippen LogP contribution in [0.25, 0.3) is 0 Å². The Balaban J connectivity index is 0. The summed E-state index contributed by atoms with van der Waals surface area (Å²) >= 11 is 0. The van der Waals surface area contributed by atoms with Crippen LogP contribution in [0.4, 0.5) is 0 Å². The quantitative estimate of drug-likeness (QED) is 0.414. The monoisotopic (exact) mass is 114 g/mol. The summed E-state index contributed by atoms with van der Waals surface area (Å²) in [5.74, 6) is -0.968. The molecule has 0 spiro atoms. The predicted octanol–water partition coefficient (Wildman–Crippen LogP) is -1.35. The molecule has 3 N–H and O–H groups in total. The molecule has 0 atom stereocenters. The first-order valence-electron chi connectivity index (χ1n) is 1.19. The first-order valence-corrected chi connectivity index (χ1v) is 1.19. The van der Waals surface area contributed by atoms with Gasteiger partial charge in [-0.05, 0) is 0 Å². The molecular weight excluding hydrogens is 109 g/mol. The van der Waals surface area contributed by atoms with Crippen LogP contribution in [0.2, 0.25) is 0 Å². The third kappa shape index (κ3) is 8.91. The third-order valence-electron chi connectivity index (χ3n) is 0.175. The molecule has 0 fully saturated rings. The summed E-state index contributed by atoms with van der Waals surface area (Å²) in [7, 11) is 0. The van der Waals surface area contributed by atoms with Gasteiger partial charge in [-0.3, -0.25) is 4.79 Å². The molecule has 0 aliphatic heterocycles. The maximum absolute atomic E-state index is 9.24. The van der Waals surface area contributed by atoms with Gasteiger partial charge in [-0.15, -0.1) is 0 Å². The van der Waals surface area contributed by atoms with Crippen molar-refractivity contribution in [1.29, 1.82) is 0 Å². The molecule has 4 heteroatoms. The normalized spacial score (nSPS) is 6.17. The van der Waals surface area contributed by atoms with Crippen molar-refractivity contribution in [2.75, 3.05) is 6.54 Å². The van der Waals surface area contributed by atoms with Crippen molar-refractivity contribution in [3.05, 3.63) is 0 Å². The Bertz CT molecular complexity index is 46.8. The summed E-state index contributed by atoms with van der Waals surface area (Å²) in [6.45, 7) is -0.278. The Morgan fingerprint density at radius 1 is 1.83 bits per heavy atom. The summed E-state index contributed by atoms with van der Waals surface area (Å²) in [6.07, 6.45) is 0. The van der Waals surface area contributed by atoms with E-state index in [1.165, 1.54) is 0 Å². The van der Waals surface area contributed by atoms with E-state index >= 15 is 0 Å². The SMILES string of the molecule is NCC(=O)O.[K]. The van der Waals surface area contributed by atoms with Crippen molar-refractivity contribution in [1.82, 2.24) is 0 Å². The standard InChI is InChI=1S/C2H5NO2.K/c3-1-2(4)5;/h1,3H2,(H,4,5);. The second-order valence-corrected chi connectivity index (χ2v) is 0.598. The topological polar surface area (TPSA) is 63.3 Å². The smallest absolute Gasteiger partial charge is 0.317 e. The van der Waals surface area contributed by atoms with Crippen LogP contribution in [0, 0.1) is 0 Å². The van der Waals surface area contributed by atoms with E-state index in [1.54, 1.807) is 0 Å². The predicted molar refractivity (Wildman–Crippen MR) is 22.4 cm³/mol. The van der Waals surface area contributed by atoms with Crippen LogP contribution in [0.3, 0.4) is 0 Å². The average molecular weight is 114 g/mol. The van der Waals surface area contributed by atoms with Gasteiger partial charge in [-0.25, -0.2) is 0 Å². The van der Waals surface area contributed by atoms with Gasteiger partial charge in [0.15, 0.2) is 0 Å². The zero-order valence-electron chi connectivity index (χ0n) is 3.64. The Labute approximate surface area is 78.3 Å². The van der Waals surface area contributed by atoms with Crippen molar-refractivity contribution in [3.8, 4) is 0 Å². The Kier molecular flexibility index (Phi) is 10.2. The number of carbonyl (C=O) groups is 1. The molecule has 3 nitrogen and oxygen atoms in total. The summed E-state index contributed by atoms with van der Waals surface area (Å²) in [6, 6.07) is 0. The largest absolute Gasteiger partial charge is 0.480 e. The van der Waals surface area contributed by atoms with E-state index in [2.05, 4.69) is 5.73 Å². The number of aliphatic carboxylic acids is 1. The maximum Gasteiger partial charge on any atom is 0.317 e. The zero-order valence-corrected chi connectivity index (χ0v) is 6.76. The number of carboxylic acids is 1. The van der Waals surface area contributed by atoms with E-state index in [0.29, 0.717) is 0 Å². The third-order valence-corrected chi connectivity index (χ3v) is 0.175. The Morgan fingerprint density at radius 2 is 2.00 bits per heavy atom.